The van der Waals surface area contributed by atoms with E-state index in [4.69, 9.17) is 4.42 Å². The minimum atomic E-state index is -0.175. The van der Waals surface area contributed by atoms with E-state index in [2.05, 4.69) is 5.32 Å². The number of nitrogens with one attached hydrogen (secondary N) is 1. The normalized spacial score (nSPS) is 12.1. The van der Waals surface area contributed by atoms with Gasteiger partial charge in [-0.15, -0.1) is 0 Å². The van der Waals surface area contributed by atoms with Crippen LogP contribution < -0.4 is 5.32 Å². The first-order valence-electron chi connectivity index (χ1n) is 5.70. The van der Waals surface area contributed by atoms with E-state index < -0.39 is 0 Å². The number of furan rings is 1. The molecule has 1 aromatic heterocycles. The van der Waals surface area contributed by atoms with E-state index in [0.717, 1.165) is 12.0 Å². The summed E-state index contributed by atoms with van der Waals surface area (Å²) in [6.07, 6.45) is 2.34. The molecule has 0 bridgehead atoms. The average molecular weight is 229 g/mol. The third kappa shape index (κ3) is 2.75. The predicted molar refractivity (Wildman–Crippen MR) is 65.6 cm³/mol. The molecule has 3 nitrogen and oxygen atoms in total. The quantitative estimate of drug-likeness (QED) is 0.875. The van der Waals surface area contributed by atoms with E-state index in [1.54, 1.807) is 12.1 Å². The largest absolute Gasteiger partial charge is 0.459 e. The Balaban J connectivity index is 2.09. The van der Waals surface area contributed by atoms with Gasteiger partial charge in [0, 0.05) is 0 Å². The SMILES string of the molecule is CC[C@H](NC(=O)c1ccco1)c1ccccc1. The Morgan fingerprint density at radius 3 is 2.59 bits per heavy atom. The Labute approximate surface area is 100 Å². The molecule has 0 saturated heterocycles. The fourth-order valence-corrected chi connectivity index (χ4v) is 1.74. The third-order valence-electron chi connectivity index (χ3n) is 2.66. The molecule has 2 rings (SSSR count). The van der Waals surface area contributed by atoms with Crippen LogP contribution in [0.1, 0.15) is 35.5 Å². The van der Waals surface area contributed by atoms with Crippen LogP contribution in [0.25, 0.3) is 0 Å². The van der Waals surface area contributed by atoms with Crippen LogP contribution in [-0.2, 0) is 0 Å². The summed E-state index contributed by atoms with van der Waals surface area (Å²) >= 11 is 0. The maximum atomic E-state index is 11.8. The van der Waals surface area contributed by atoms with Gasteiger partial charge in [-0.3, -0.25) is 4.79 Å². The van der Waals surface area contributed by atoms with Crippen molar-refractivity contribution in [2.45, 2.75) is 19.4 Å². The first-order chi connectivity index (χ1) is 8.31. The van der Waals surface area contributed by atoms with Gasteiger partial charge in [-0.1, -0.05) is 37.3 Å². The highest BCUT2D eigenvalue weighted by molar-refractivity contribution is 5.91. The molecule has 0 aliphatic heterocycles. The van der Waals surface area contributed by atoms with Crippen molar-refractivity contribution in [3.63, 3.8) is 0 Å². The second-order valence-corrected chi connectivity index (χ2v) is 3.82. The standard InChI is InChI=1S/C14H15NO2/c1-2-12(11-7-4-3-5-8-11)15-14(16)13-9-6-10-17-13/h3-10,12H,2H2,1H3,(H,15,16)/t12-/m0/s1. The van der Waals surface area contributed by atoms with Gasteiger partial charge in [-0.05, 0) is 24.1 Å². The summed E-state index contributed by atoms with van der Waals surface area (Å²) in [4.78, 5) is 11.8. The van der Waals surface area contributed by atoms with Crippen molar-refractivity contribution in [2.24, 2.45) is 0 Å². The number of carbonyl (C=O) groups excluding carboxylic acids is 1. The van der Waals surface area contributed by atoms with Crippen molar-refractivity contribution in [2.75, 3.05) is 0 Å². The predicted octanol–water partition coefficient (Wildman–Crippen LogP) is 3.16. The minimum absolute atomic E-state index is 0.0220. The van der Waals surface area contributed by atoms with Crippen LogP contribution in [0.5, 0.6) is 0 Å². The van der Waals surface area contributed by atoms with Gasteiger partial charge in [0.05, 0.1) is 12.3 Å². The molecule has 1 heterocycles. The molecular formula is C14H15NO2. The molecule has 2 aromatic rings. The lowest BCUT2D eigenvalue weighted by atomic mass is 10.0. The first-order valence-corrected chi connectivity index (χ1v) is 5.70. The smallest absolute Gasteiger partial charge is 0.287 e. The Bertz CT molecular complexity index is 462. The third-order valence-corrected chi connectivity index (χ3v) is 2.66. The summed E-state index contributed by atoms with van der Waals surface area (Å²) in [5.41, 5.74) is 1.11. The fourth-order valence-electron chi connectivity index (χ4n) is 1.74. The summed E-state index contributed by atoms with van der Waals surface area (Å²) in [6, 6.07) is 13.3. The highest BCUT2D eigenvalue weighted by Crippen LogP contribution is 2.16. The molecular weight excluding hydrogens is 214 g/mol. The highest BCUT2D eigenvalue weighted by Gasteiger charge is 2.15. The summed E-state index contributed by atoms with van der Waals surface area (Å²) in [5.74, 6) is 0.171. The van der Waals surface area contributed by atoms with Crippen molar-refractivity contribution < 1.29 is 9.21 Å². The van der Waals surface area contributed by atoms with Gasteiger partial charge in [0.2, 0.25) is 0 Å². The van der Waals surface area contributed by atoms with Crippen LogP contribution >= 0.6 is 0 Å². The van der Waals surface area contributed by atoms with Crippen LogP contribution in [0.15, 0.2) is 53.1 Å². The second-order valence-electron chi connectivity index (χ2n) is 3.82. The lowest BCUT2D eigenvalue weighted by Crippen LogP contribution is -2.27. The number of hydrogen-bond acceptors (Lipinski definition) is 2. The van der Waals surface area contributed by atoms with Crippen LogP contribution in [0.2, 0.25) is 0 Å². The van der Waals surface area contributed by atoms with E-state index in [1.807, 2.05) is 37.3 Å². The lowest BCUT2D eigenvalue weighted by molar-refractivity contribution is 0.0907. The van der Waals surface area contributed by atoms with E-state index in [1.165, 1.54) is 6.26 Å². The minimum Gasteiger partial charge on any atom is -0.459 e. The van der Waals surface area contributed by atoms with Gasteiger partial charge in [-0.2, -0.15) is 0 Å². The van der Waals surface area contributed by atoms with E-state index in [9.17, 15) is 4.79 Å². The van der Waals surface area contributed by atoms with Gasteiger partial charge >= 0.3 is 0 Å². The Hall–Kier alpha value is -2.03. The number of hydrogen-bond donors (Lipinski definition) is 1. The Morgan fingerprint density at radius 1 is 1.24 bits per heavy atom. The van der Waals surface area contributed by atoms with Gasteiger partial charge in [0.1, 0.15) is 0 Å². The average Bonchev–Trinajstić information content (AvgIpc) is 2.90. The van der Waals surface area contributed by atoms with Gasteiger partial charge < -0.3 is 9.73 Å². The van der Waals surface area contributed by atoms with Crippen molar-refractivity contribution in [3.05, 3.63) is 60.1 Å². The van der Waals surface area contributed by atoms with Crippen molar-refractivity contribution in [3.8, 4) is 0 Å². The summed E-state index contributed by atoms with van der Waals surface area (Å²) in [6.45, 7) is 2.04. The van der Waals surface area contributed by atoms with Gasteiger partial charge in [0.25, 0.3) is 5.91 Å². The zero-order valence-corrected chi connectivity index (χ0v) is 9.72. The molecule has 17 heavy (non-hydrogen) atoms. The topological polar surface area (TPSA) is 42.2 Å². The maximum absolute atomic E-state index is 11.8. The van der Waals surface area contributed by atoms with Crippen LogP contribution in [-0.4, -0.2) is 5.91 Å². The second kappa shape index (κ2) is 5.34. The van der Waals surface area contributed by atoms with Gasteiger partial charge in [-0.25, -0.2) is 0 Å². The molecule has 0 unspecified atom stereocenters. The van der Waals surface area contributed by atoms with E-state index >= 15 is 0 Å². The van der Waals surface area contributed by atoms with Crippen LogP contribution in [0.3, 0.4) is 0 Å². The molecule has 0 radical (unpaired) electrons. The number of benzene rings is 1. The van der Waals surface area contributed by atoms with E-state index in [0.29, 0.717) is 5.76 Å². The molecule has 1 N–H and O–H groups in total. The number of rotatable bonds is 4. The molecule has 0 aliphatic carbocycles. The molecule has 0 saturated carbocycles. The number of amides is 1. The lowest BCUT2D eigenvalue weighted by Gasteiger charge is -2.16. The van der Waals surface area contributed by atoms with Crippen molar-refractivity contribution in [1.82, 2.24) is 5.32 Å². The zero-order chi connectivity index (χ0) is 12.1. The molecule has 3 heteroatoms. The van der Waals surface area contributed by atoms with Crippen molar-refractivity contribution in [1.29, 1.82) is 0 Å². The monoisotopic (exact) mass is 229 g/mol. The molecule has 0 fully saturated rings. The maximum Gasteiger partial charge on any atom is 0.287 e. The summed E-state index contributed by atoms with van der Waals surface area (Å²) in [7, 11) is 0. The zero-order valence-electron chi connectivity index (χ0n) is 9.72. The summed E-state index contributed by atoms with van der Waals surface area (Å²) in [5, 5.41) is 2.95. The van der Waals surface area contributed by atoms with Crippen LogP contribution in [0, 0.1) is 0 Å². The molecule has 0 aliphatic rings. The van der Waals surface area contributed by atoms with Crippen molar-refractivity contribution >= 4 is 5.91 Å². The highest BCUT2D eigenvalue weighted by atomic mass is 16.3. The Morgan fingerprint density at radius 2 is 2.00 bits per heavy atom. The van der Waals surface area contributed by atoms with E-state index in [-0.39, 0.29) is 11.9 Å². The van der Waals surface area contributed by atoms with Crippen LogP contribution in [0.4, 0.5) is 0 Å². The first kappa shape index (κ1) is 11.5. The molecule has 1 amide bonds. The molecule has 0 spiro atoms. The summed E-state index contributed by atoms with van der Waals surface area (Å²) < 4.78 is 5.06. The molecule has 88 valence electrons. The van der Waals surface area contributed by atoms with Gasteiger partial charge in [0.15, 0.2) is 5.76 Å². The fraction of sp³-hybridized carbons (Fsp3) is 0.214. The Kier molecular flexibility index (Phi) is 3.60. The number of carbonyl (C=O) groups is 1. The molecule has 1 aromatic carbocycles. The molecule has 1 atom stereocenters.